The topological polar surface area (TPSA) is 135 Å². The number of nitro benzene ring substituents is 1. The number of amides is 2. The number of non-ortho nitro benzene ring substituents is 1. The van der Waals surface area contributed by atoms with E-state index in [1.54, 1.807) is 23.1 Å². The van der Waals surface area contributed by atoms with E-state index in [1.807, 2.05) is 9.80 Å². The predicted molar refractivity (Wildman–Crippen MR) is 136 cm³/mol. The Morgan fingerprint density at radius 2 is 1.59 bits per heavy atom. The van der Waals surface area contributed by atoms with Crippen LogP contribution in [0.15, 0.2) is 36.4 Å². The van der Waals surface area contributed by atoms with E-state index in [-0.39, 0.29) is 22.7 Å². The fourth-order valence-electron chi connectivity index (χ4n) is 4.51. The Morgan fingerprint density at radius 3 is 2.22 bits per heavy atom. The molecule has 0 unspecified atom stereocenters. The Balaban J connectivity index is 1.68. The van der Waals surface area contributed by atoms with Crippen LogP contribution in [-0.2, 0) is 14.3 Å². The molecule has 2 aliphatic rings. The second kappa shape index (κ2) is 11.2. The number of methoxy groups -OCH3 is 1. The number of anilines is 3. The highest BCUT2D eigenvalue weighted by molar-refractivity contribution is 6.10. The minimum Gasteiger partial charge on any atom is -0.465 e. The second-order valence-corrected chi connectivity index (χ2v) is 8.73. The van der Waals surface area contributed by atoms with E-state index in [0.717, 1.165) is 0 Å². The summed E-state index contributed by atoms with van der Waals surface area (Å²) in [6, 6.07) is 9.07. The molecular formula is C25H29N5O7. The lowest BCUT2D eigenvalue weighted by Crippen LogP contribution is -2.48. The van der Waals surface area contributed by atoms with E-state index in [0.29, 0.717) is 69.5 Å². The number of esters is 1. The van der Waals surface area contributed by atoms with Gasteiger partial charge in [-0.3, -0.25) is 19.7 Å². The van der Waals surface area contributed by atoms with E-state index in [1.165, 1.54) is 32.2 Å². The number of nitrogens with one attached hydrogen (secondary N) is 1. The molecule has 196 valence electrons. The number of ether oxygens (including phenoxy) is 2. The van der Waals surface area contributed by atoms with Crippen molar-refractivity contribution in [1.29, 1.82) is 0 Å². The number of nitro groups is 1. The van der Waals surface area contributed by atoms with Crippen molar-refractivity contribution < 1.29 is 28.8 Å². The number of hydrogen-bond acceptors (Lipinski definition) is 9. The molecule has 0 aliphatic carbocycles. The summed E-state index contributed by atoms with van der Waals surface area (Å²) in [6.45, 7) is 5.69. The van der Waals surface area contributed by atoms with E-state index < -0.39 is 16.8 Å². The van der Waals surface area contributed by atoms with Crippen LogP contribution in [0.2, 0.25) is 0 Å². The Kier molecular flexibility index (Phi) is 7.87. The van der Waals surface area contributed by atoms with Gasteiger partial charge in [0.15, 0.2) is 0 Å². The number of carbonyl (C=O) groups is 3. The van der Waals surface area contributed by atoms with Crippen LogP contribution in [0.1, 0.15) is 27.6 Å². The first kappa shape index (κ1) is 25.9. The smallest absolute Gasteiger partial charge is 0.337 e. The van der Waals surface area contributed by atoms with Crippen LogP contribution in [0.25, 0.3) is 0 Å². The normalized spacial score (nSPS) is 15.8. The standard InChI is InChI=1S/C25H29N5O7/c1-17(31)27-7-9-28(10-8-27)23-5-3-18(25(33)36-2)15-21(23)26-24(32)20-16-19(30(34)35)4-6-22(20)29-11-13-37-14-12-29/h3-6,15-16H,7-14H2,1-2H3,(H,26,32). The van der Waals surface area contributed by atoms with E-state index in [4.69, 9.17) is 9.47 Å². The summed E-state index contributed by atoms with van der Waals surface area (Å²) in [4.78, 5) is 54.2. The molecular weight excluding hydrogens is 482 g/mol. The number of carbonyl (C=O) groups excluding carboxylic acids is 3. The quantitative estimate of drug-likeness (QED) is 0.352. The van der Waals surface area contributed by atoms with Gasteiger partial charge in [-0.05, 0) is 24.3 Å². The number of hydrogen-bond donors (Lipinski definition) is 1. The van der Waals surface area contributed by atoms with Crippen LogP contribution in [0.5, 0.6) is 0 Å². The first-order valence-corrected chi connectivity index (χ1v) is 11.9. The Labute approximate surface area is 213 Å². The third kappa shape index (κ3) is 5.80. The third-order valence-electron chi connectivity index (χ3n) is 6.52. The molecule has 1 N–H and O–H groups in total. The molecule has 0 aromatic heterocycles. The second-order valence-electron chi connectivity index (χ2n) is 8.73. The maximum Gasteiger partial charge on any atom is 0.337 e. The van der Waals surface area contributed by atoms with Crippen molar-refractivity contribution in [2.24, 2.45) is 0 Å². The lowest BCUT2D eigenvalue weighted by Gasteiger charge is -2.36. The minimum atomic E-state index is -0.562. The highest BCUT2D eigenvalue weighted by Crippen LogP contribution is 2.32. The van der Waals surface area contributed by atoms with Gasteiger partial charge in [-0.1, -0.05) is 0 Å². The molecule has 2 amide bonds. The van der Waals surface area contributed by atoms with Gasteiger partial charge in [0.2, 0.25) is 5.91 Å². The van der Waals surface area contributed by atoms with Gasteiger partial charge in [-0.15, -0.1) is 0 Å². The molecule has 0 saturated carbocycles. The highest BCUT2D eigenvalue weighted by atomic mass is 16.6. The molecule has 37 heavy (non-hydrogen) atoms. The monoisotopic (exact) mass is 511 g/mol. The fraction of sp³-hybridized carbons (Fsp3) is 0.400. The maximum atomic E-state index is 13.6. The molecule has 4 rings (SSSR count). The van der Waals surface area contributed by atoms with Gasteiger partial charge in [-0.25, -0.2) is 4.79 Å². The van der Waals surface area contributed by atoms with Gasteiger partial charge in [-0.2, -0.15) is 0 Å². The lowest BCUT2D eigenvalue weighted by atomic mass is 10.1. The summed E-state index contributed by atoms with van der Waals surface area (Å²) in [5, 5.41) is 14.3. The van der Waals surface area contributed by atoms with E-state index in [9.17, 15) is 24.5 Å². The van der Waals surface area contributed by atoms with E-state index >= 15 is 0 Å². The van der Waals surface area contributed by atoms with Crippen molar-refractivity contribution in [2.45, 2.75) is 6.92 Å². The molecule has 2 saturated heterocycles. The van der Waals surface area contributed by atoms with Crippen molar-refractivity contribution in [1.82, 2.24) is 4.90 Å². The fourth-order valence-corrected chi connectivity index (χ4v) is 4.51. The molecule has 2 aromatic carbocycles. The molecule has 0 spiro atoms. The number of benzene rings is 2. The summed E-state index contributed by atoms with van der Waals surface area (Å²) >= 11 is 0. The zero-order valence-corrected chi connectivity index (χ0v) is 20.8. The molecule has 2 aromatic rings. The molecule has 2 heterocycles. The van der Waals surface area contributed by atoms with Crippen molar-refractivity contribution >= 4 is 40.5 Å². The average molecular weight is 512 g/mol. The van der Waals surface area contributed by atoms with Crippen molar-refractivity contribution in [3.05, 3.63) is 57.6 Å². The van der Waals surface area contributed by atoms with Gasteiger partial charge >= 0.3 is 5.97 Å². The maximum absolute atomic E-state index is 13.6. The molecule has 12 heteroatoms. The number of morpholine rings is 1. The number of nitrogens with zero attached hydrogens (tertiary/aromatic N) is 4. The predicted octanol–water partition coefficient (Wildman–Crippen LogP) is 2.14. The first-order chi connectivity index (χ1) is 17.8. The summed E-state index contributed by atoms with van der Waals surface area (Å²) < 4.78 is 10.3. The Hall–Kier alpha value is -4.19. The molecule has 0 atom stereocenters. The van der Waals surface area contributed by atoms with Gasteiger partial charge < -0.3 is 29.5 Å². The first-order valence-electron chi connectivity index (χ1n) is 11.9. The van der Waals surface area contributed by atoms with E-state index in [2.05, 4.69) is 5.32 Å². The van der Waals surface area contributed by atoms with Crippen LogP contribution in [-0.4, -0.2) is 87.2 Å². The third-order valence-corrected chi connectivity index (χ3v) is 6.52. The highest BCUT2D eigenvalue weighted by Gasteiger charge is 2.25. The van der Waals surface area contributed by atoms with Crippen LogP contribution in [0.3, 0.4) is 0 Å². The summed E-state index contributed by atoms with van der Waals surface area (Å²) in [5.41, 5.74) is 1.78. The Morgan fingerprint density at radius 1 is 0.946 bits per heavy atom. The zero-order chi connectivity index (χ0) is 26.5. The molecule has 0 bridgehead atoms. The van der Waals surface area contributed by atoms with Crippen molar-refractivity contribution in [3.8, 4) is 0 Å². The van der Waals surface area contributed by atoms with Crippen molar-refractivity contribution in [2.75, 3.05) is 74.7 Å². The van der Waals surface area contributed by atoms with Crippen molar-refractivity contribution in [3.63, 3.8) is 0 Å². The summed E-state index contributed by atoms with van der Waals surface area (Å²) in [7, 11) is 1.27. The lowest BCUT2D eigenvalue weighted by molar-refractivity contribution is -0.384. The summed E-state index contributed by atoms with van der Waals surface area (Å²) in [5.74, 6) is -1.11. The van der Waals surface area contributed by atoms with Gasteiger partial charge in [0.05, 0.1) is 53.4 Å². The molecule has 0 radical (unpaired) electrons. The van der Waals surface area contributed by atoms with Gasteiger partial charge in [0, 0.05) is 58.3 Å². The van der Waals surface area contributed by atoms with Crippen LogP contribution < -0.4 is 15.1 Å². The largest absolute Gasteiger partial charge is 0.465 e. The molecule has 2 fully saturated rings. The van der Waals surface area contributed by atoms with Gasteiger partial charge in [0.25, 0.3) is 11.6 Å². The summed E-state index contributed by atoms with van der Waals surface area (Å²) in [6.07, 6.45) is 0. The minimum absolute atomic E-state index is 0.00414. The van der Waals surface area contributed by atoms with Crippen LogP contribution in [0, 0.1) is 10.1 Å². The van der Waals surface area contributed by atoms with Crippen LogP contribution in [0.4, 0.5) is 22.7 Å². The average Bonchev–Trinajstić information content (AvgIpc) is 2.92. The molecule has 2 aliphatic heterocycles. The number of rotatable bonds is 6. The zero-order valence-electron chi connectivity index (χ0n) is 20.8. The Bertz CT molecular complexity index is 1200. The van der Waals surface area contributed by atoms with Crippen LogP contribution >= 0.6 is 0 Å². The SMILES string of the molecule is COC(=O)c1ccc(N2CCN(C(C)=O)CC2)c(NC(=O)c2cc([N+](=O)[O-])ccc2N2CCOCC2)c1. The van der Waals surface area contributed by atoms with Gasteiger partial charge in [0.1, 0.15) is 0 Å². The molecule has 12 nitrogen and oxygen atoms in total. The number of piperazine rings is 1.